The fourth-order valence-electron chi connectivity index (χ4n) is 5.46. The van der Waals surface area contributed by atoms with E-state index in [0.717, 1.165) is 11.1 Å². The molecule has 1 aliphatic rings. The molecule has 0 aliphatic carbocycles. The van der Waals surface area contributed by atoms with E-state index in [1.807, 2.05) is 42.5 Å². The van der Waals surface area contributed by atoms with Gasteiger partial charge in [-0.15, -0.1) is 0 Å². The standard InChI is InChI=1S/C33H34N6O5/c1-43-19-25-28(40)29(41)33(44-25)39-20-36-27-30(34-17-24(21-11-5-2-6-12-21)22-13-7-3-8-14-22)37-26(38-31(27)39)18-35-32(42)23-15-9-4-10-16-23/h2-16,20,24-25,28-29,33,40-41H,17-19H2,1H3,(H,35,42)(H,34,37,38)/t25-,28-,29+,33-/m1/s1. The lowest BCUT2D eigenvalue weighted by Crippen LogP contribution is -2.33. The van der Waals surface area contributed by atoms with Crippen molar-refractivity contribution in [2.75, 3.05) is 25.6 Å². The number of carbonyl (C=O) groups excluding carboxylic acids is 1. The smallest absolute Gasteiger partial charge is 0.251 e. The Morgan fingerprint density at radius 2 is 1.57 bits per heavy atom. The topological polar surface area (TPSA) is 144 Å². The van der Waals surface area contributed by atoms with Crippen LogP contribution in [0.2, 0.25) is 0 Å². The highest BCUT2D eigenvalue weighted by Gasteiger charge is 2.44. The molecule has 226 valence electrons. The number of carbonyl (C=O) groups is 1. The number of nitrogens with one attached hydrogen (secondary N) is 2. The molecule has 4 atom stereocenters. The third-order valence-electron chi connectivity index (χ3n) is 7.73. The second-order valence-electron chi connectivity index (χ2n) is 10.6. The van der Waals surface area contributed by atoms with Crippen LogP contribution in [0.15, 0.2) is 97.3 Å². The van der Waals surface area contributed by atoms with Gasteiger partial charge >= 0.3 is 0 Å². The second kappa shape index (κ2) is 13.3. The molecule has 0 spiro atoms. The van der Waals surface area contributed by atoms with Crippen molar-refractivity contribution in [2.45, 2.75) is 37.0 Å². The summed E-state index contributed by atoms with van der Waals surface area (Å²) in [7, 11) is 1.50. The summed E-state index contributed by atoms with van der Waals surface area (Å²) < 4.78 is 12.7. The van der Waals surface area contributed by atoms with Gasteiger partial charge in [0.1, 0.15) is 18.3 Å². The van der Waals surface area contributed by atoms with Crippen LogP contribution in [-0.4, -0.2) is 74.2 Å². The Morgan fingerprint density at radius 3 is 2.20 bits per heavy atom. The normalized spacial score (nSPS) is 19.8. The first kappa shape index (κ1) is 29.4. The molecule has 1 saturated heterocycles. The van der Waals surface area contributed by atoms with Crippen LogP contribution >= 0.6 is 0 Å². The molecule has 6 rings (SSSR count). The molecule has 1 fully saturated rings. The summed E-state index contributed by atoms with van der Waals surface area (Å²) in [5.74, 6) is 0.556. The molecule has 2 aromatic heterocycles. The van der Waals surface area contributed by atoms with Crippen molar-refractivity contribution in [1.82, 2.24) is 24.8 Å². The number of aromatic nitrogens is 4. The number of anilines is 1. The van der Waals surface area contributed by atoms with Crippen molar-refractivity contribution < 1.29 is 24.5 Å². The summed E-state index contributed by atoms with van der Waals surface area (Å²) in [5.41, 5.74) is 3.64. The van der Waals surface area contributed by atoms with E-state index in [-0.39, 0.29) is 25.0 Å². The van der Waals surface area contributed by atoms with Gasteiger partial charge < -0.3 is 30.3 Å². The van der Waals surface area contributed by atoms with Crippen LogP contribution in [0.1, 0.15) is 39.5 Å². The monoisotopic (exact) mass is 594 g/mol. The van der Waals surface area contributed by atoms with Crippen LogP contribution in [0.25, 0.3) is 11.2 Å². The largest absolute Gasteiger partial charge is 0.387 e. The van der Waals surface area contributed by atoms with Gasteiger partial charge in [0.05, 0.1) is 19.5 Å². The van der Waals surface area contributed by atoms with Gasteiger partial charge in [0.15, 0.2) is 29.0 Å². The second-order valence-corrected chi connectivity index (χ2v) is 10.6. The number of fused-ring (bicyclic) bond motifs is 1. The lowest BCUT2D eigenvalue weighted by Gasteiger charge is -2.20. The van der Waals surface area contributed by atoms with E-state index in [2.05, 4.69) is 39.9 Å². The number of hydrogen-bond donors (Lipinski definition) is 4. The van der Waals surface area contributed by atoms with E-state index in [1.165, 1.54) is 13.4 Å². The number of amides is 1. The quantitative estimate of drug-likeness (QED) is 0.181. The van der Waals surface area contributed by atoms with Crippen molar-refractivity contribution in [1.29, 1.82) is 0 Å². The van der Waals surface area contributed by atoms with Crippen LogP contribution in [0.3, 0.4) is 0 Å². The Balaban J connectivity index is 1.34. The summed E-state index contributed by atoms with van der Waals surface area (Å²) in [5, 5.41) is 27.8. The number of hydrogen-bond acceptors (Lipinski definition) is 9. The van der Waals surface area contributed by atoms with E-state index >= 15 is 0 Å². The first-order valence-corrected chi connectivity index (χ1v) is 14.4. The van der Waals surface area contributed by atoms with Crippen LogP contribution in [0, 0.1) is 0 Å². The van der Waals surface area contributed by atoms with Crippen LogP contribution in [0.5, 0.6) is 0 Å². The van der Waals surface area contributed by atoms with E-state index in [9.17, 15) is 15.0 Å². The molecule has 11 heteroatoms. The number of methoxy groups -OCH3 is 1. The number of aliphatic hydroxyl groups is 2. The maximum Gasteiger partial charge on any atom is 0.251 e. The summed E-state index contributed by atoms with van der Waals surface area (Å²) in [6.07, 6.45) is -2.55. The highest BCUT2D eigenvalue weighted by atomic mass is 16.6. The van der Waals surface area contributed by atoms with Gasteiger partial charge in [-0.1, -0.05) is 78.9 Å². The van der Waals surface area contributed by atoms with Gasteiger partial charge in [0, 0.05) is 25.1 Å². The van der Waals surface area contributed by atoms with Gasteiger partial charge in [0.25, 0.3) is 5.91 Å². The van der Waals surface area contributed by atoms with Crippen LogP contribution in [-0.2, 0) is 16.0 Å². The molecule has 1 aliphatic heterocycles. The Bertz CT molecular complexity index is 1650. The fourth-order valence-corrected chi connectivity index (χ4v) is 5.46. The molecular weight excluding hydrogens is 560 g/mol. The Kier molecular flexibility index (Phi) is 8.89. The zero-order valence-corrected chi connectivity index (χ0v) is 24.2. The predicted molar refractivity (Wildman–Crippen MR) is 164 cm³/mol. The van der Waals surface area contributed by atoms with Crippen LogP contribution in [0.4, 0.5) is 5.82 Å². The maximum atomic E-state index is 12.8. The van der Waals surface area contributed by atoms with Crippen molar-refractivity contribution in [3.63, 3.8) is 0 Å². The number of rotatable bonds is 11. The molecule has 11 nitrogen and oxygen atoms in total. The molecule has 44 heavy (non-hydrogen) atoms. The van der Waals surface area contributed by atoms with Crippen molar-refractivity contribution in [3.05, 3.63) is 120 Å². The molecule has 0 radical (unpaired) electrons. The van der Waals surface area contributed by atoms with Crippen molar-refractivity contribution >= 4 is 22.9 Å². The Morgan fingerprint density at radius 1 is 0.932 bits per heavy atom. The van der Waals surface area contributed by atoms with E-state index in [4.69, 9.17) is 19.4 Å². The summed E-state index contributed by atoms with van der Waals surface area (Å²) in [6.45, 7) is 0.660. The molecule has 5 aromatic rings. The number of aliphatic hydroxyl groups excluding tert-OH is 2. The van der Waals surface area contributed by atoms with Crippen LogP contribution < -0.4 is 10.6 Å². The first-order valence-electron chi connectivity index (χ1n) is 14.4. The predicted octanol–water partition coefficient (Wildman–Crippen LogP) is 3.27. The molecule has 4 N–H and O–H groups in total. The zero-order chi connectivity index (χ0) is 30.5. The third-order valence-corrected chi connectivity index (χ3v) is 7.73. The summed E-state index contributed by atoms with van der Waals surface area (Å²) in [4.78, 5) is 26.9. The third kappa shape index (κ3) is 6.17. The maximum absolute atomic E-state index is 12.8. The van der Waals surface area contributed by atoms with E-state index < -0.39 is 24.5 Å². The highest BCUT2D eigenvalue weighted by molar-refractivity contribution is 5.94. The van der Waals surface area contributed by atoms with Gasteiger partial charge in [-0.2, -0.15) is 0 Å². The van der Waals surface area contributed by atoms with E-state index in [1.54, 1.807) is 28.8 Å². The molecule has 3 heterocycles. The van der Waals surface area contributed by atoms with Gasteiger partial charge in [0.2, 0.25) is 0 Å². The first-order chi connectivity index (χ1) is 21.5. The zero-order valence-electron chi connectivity index (χ0n) is 24.2. The average molecular weight is 595 g/mol. The van der Waals surface area contributed by atoms with Crippen molar-refractivity contribution in [2.24, 2.45) is 0 Å². The van der Waals surface area contributed by atoms with E-state index in [0.29, 0.717) is 34.9 Å². The number of imidazole rings is 1. The number of nitrogens with zero attached hydrogens (tertiary/aromatic N) is 4. The number of ether oxygens (including phenoxy) is 2. The molecular formula is C33H34N6O5. The summed E-state index contributed by atoms with van der Waals surface area (Å²) in [6, 6.07) is 29.3. The molecule has 3 aromatic carbocycles. The van der Waals surface area contributed by atoms with Crippen molar-refractivity contribution in [3.8, 4) is 0 Å². The SMILES string of the molecule is COC[C@H]1O[C@@H](n2cnc3c(NCC(c4ccccc4)c4ccccc4)nc(CNC(=O)c4ccccc4)nc32)[C@@H](O)[C@@H]1O. The molecule has 0 saturated carbocycles. The Labute approximate surface area is 254 Å². The molecule has 0 bridgehead atoms. The Hall–Kier alpha value is -4.68. The van der Waals surface area contributed by atoms with Gasteiger partial charge in [-0.05, 0) is 23.3 Å². The van der Waals surface area contributed by atoms with Gasteiger partial charge in [-0.3, -0.25) is 9.36 Å². The number of benzene rings is 3. The minimum atomic E-state index is -1.24. The summed E-state index contributed by atoms with van der Waals surface area (Å²) >= 11 is 0. The lowest BCUT2D eigenvalue weighted by atomic mass is 9.91. The fraction of sp³-hybridized carbons (Fsp3) is 0.273. The van der Waals surface area contributed by atoms with Gasteiger partial charge in [-0.25, -0.2) is 15.0 Å². The molecule has 0 unspecified atom stereocenters. The lowest BCUT2D eigenvalue weighted by molar-refractivity contribution is -0.0580. The average Bonchev–Trinajstić information content (AvgIpc) is 3.61. The molecule has 1 amide bonds. The highest BCUT2D eigenvalue weighted by Crippen LogP contribution is 2.33. The minimum absolute atomic E-state index is 0.00988. The minimum Gasteiger partial charge on any atom is -0.387 e.